The van der Waals surface area contributed by atoms with Crippen LogP contribution in [0.2, 0.25) is 0 Å². The molecular weight excluding hydrogens is 364 g/mol. The lowest BCUT2D eigenvalue weighted by molar-refractivity contribution is 0.0730. The van der Waals surface area contributed by atoms with Crippen molar-refractivity contribution in [1.82, 2.24) is 14.5 Å². The fourth-order valence-corrected chi connectivity index (χ4v) is 3.78. The van der Waals surface area contributed by atoms with E-state index in [0.717, 1.165) is 0 Å². The molecule has 3 rings (SSSR count). The highest BCUT2D eigenvalue weighted by Gasteiger charge is 2.26. The number of amides is 1. The van der Waals surface area contributed by atoms with Crippen molar-refractivity contribution in [3.63, 3.8) is 0 Å². The number of ether oxygens (including phenoxy) is 2. The summed E-state index contributed by atoms with van der Waals surface area (Å²) in [6.07, 6.45) is 0. The van der Waals surface area contributed by atoms with Gasteiger partial charge in [-0.15, -0.1) is 5.10 Å². The Morgan fingerprint density at radius 2 is 1.92 bits per heavy atom. The van der Waals surface area contributed by atoms with Gasteiger partial charge in [0.2, 0.25) is 15.9 Å². The lowest BCUT2D eigenvalue weighted by atomic mass is 10.2. The van der Waals surface area contributed by atoms with Crippen molar-refractivity contribution < 1.29 is 27.1 Å². The van der Waals surface area contributed by atoms with Crippen LogP contribution in [-0.4, -0.2) is 62.2 Å². The molecule has 2 heterocycles. The second-order valence-corrected chi connectivity index (χ2v) is 7.37. The molecule has 0 radical (unpaired) electrons. The Morgan fingerprint density at radius 3 is 2.58 bits per heavy atom. The number of nitrogens with zero attached hydrogens (tertiary/aromatic N) is 3. The summed E-state index contributed by atoms with van der Waals surface area (Å²) < 4.78 is 41.7. The Hall–Kier alpha value is -2.34. The monoisotopic (exact) mass is 382 g/mol. The molecule has 0 saturated carbocycles. The summed E-state index contributed by atoms with van der Waals surface area (Å²) in [5.41, 5.74) is 0.261. The van der Waals surface area contributed by atoms with Crippen molar-refractivity contribution in [1.29, 1.82) is 0 Å². The largest absolute Gasteiger partial charge is 0.405 e. The third-order valence-electron chi connectivity index (χ3n) is 3.68. The number of sulfonamides is 1. The van der Waals surface area contributed by atoms with Crippen molar-refractivity contribution in [3.05, 3.63) is 35.7 Å². The van der Waals surface area contributed by atoms with Crippen LogP contribution in [0.15, 0.2) is 33.6 Å². The fraction of sp³-hybridized carbons (Fsp3) is 0.400. The Bertz CT molecular complexity index is 859. The molecule has 2 aromatic rings. The molecule has 0 atom stereocenters. The molecule has 0 aliphatic carbocycles. The molecular formula is C15H18N4O6S. The maximum Gasteiger partial charge on any atom is 0.322 e. The molecule has 0 bridgehead atoms. The number of methoxy groups -OCH3 is 1. The van der Waals surface area contributed by atoms with Gasteiger partial charge in [-0.1, -0.05) is 5.10 Å². The Balaban J connectivity index is 1.69. The average molecular weight is 382 g/mol. The lowest BCUT2D eigenvalue weighted by Crippen LogP contribution is -2.40. The van der Waals surface area contributed by atoms with Gasteiger partial charge < -0.3 is 13.9 Å². The molecule has 1 aliphatic heterocycles. The first-order valence-corrected chi connectivity index (χ1v) is 9.25. The molecule has 11 heteroatoms. The van der Waals surface area contributed by atoms with E-state index in [0.29, 0.717) is 26.3 Å². The van der Waals surface area contributed by atoms with Crippen molar-refractivity contribution in [2.45, 2.75) is 11.5 Å². The summed E-state index contributed by atoms with van der Waals surface area (Å²) in [4.78, 5) is 12.3. The minimum absolute atomic E-state index is 0.0629. The maximum absolute atomic E-state index is 12.5. The smallest absolute Gasteiger partial charge is 0.322 e. The van der Waals surface area contributed by atoms with Crippen molar-refractivity contribution >= 4 is 21.9 Å². The molecule has 0 spiro atoms. The first-order chi connectivity index (χ1) is 12.5. The van der Waals surface area contributed by atoms with Crippen molar-refractivity contribution in [2.75, 3.05) is 38.7 Å². The molecule has 140 valence electrons. The quantitative estimate of drug-likeness (QED) is 0.765. The third kappa shape index (κ3) is 4.07. The third-order valence-corrected chi connectivity index (χ3v) is 5.59. The van der Waals surface area contributed by atoms with E-state index in [1.165, 1.54) is 35.7 Å². The fourth-order valence-electron chi connectivity index (χ4n) is 2.37. The van der Waals surface area contributed by atoms with Crippen LogP contribution in [0, 0.1) is 0 Å². The van der Waals surface area contributed by atoms with Gasteiger partial charge in [-0.3, -0.25) is 10.1 Å². The van der Waals surface area contributed by atoms with Crippen LogP contribution in [0.4, 0.5) is 6.01 Å². The van der Waals surface area contributed by atoms with Gasteiger partial charge in [-0.05, 0) is 24.3 Å². The summed E-state index contributed by atoms with van der Waals surface area (Å²) in [7, 11) is -2.12. The number of benzene rings is 1. The van der Waals surface area contributed by atoms with Gasteiger partial charge >= 0.3 is 6.01 Å². The number of aromatic nitrogens is 2. The average Bonchev–Trinajstić information content (AvgIpc) is 3.10. The number of hydrogen-bond donors (Lipinski definition) is 1. The van der Waals surface area contributed by atoms with E-state index in [1.807, 2.05) is 0 Å². The summed E-state index contributed by atoms with van der Waals surface area (Å²) in [5, 5.41) is 9.82. The number of anilines is 1. The number of carbonyl (C=O) groups is 1. The molecule has 1 aliphatic rings. The van der Waals surface area contributed by atoms with E-state index >= 15 is 0 Å². The first-order valence-electron chi connectivity index (χ1n) is 7.81. The molecule has 1 amide bonds. The van der Waals surface area contributed by atoms with E-state index < -0.39 is 15.9 Å². The van der Waals surface area contributed by atoms with Gasteiger partial charge in [0, 0.05) is 25.8 Å². The normalized spacial score (nSPS) is 15.7. The van der Waals surface area contributed by atoms with Gasteiger partial charge in [-0.2, -0.15) is 4.31 Å². The molecule has 26 heavy (non-hydrogen) atoms. The van der Waals surface area contributed by atoms with E-state index in [2.05, 4.69) is 15.5 Å². The zero-order valence-electron chi connectivity index (χ0n) is 14.0. The summed E-state index contributed by atoms with van der Waals surface area (Å²) in [6, 6.07) is 5.57. The number of rotatable bonds is 6. The number of hydrogen-bond acceptors (Lipinski definition) is 8. The van der Waals surface area contributed by atoms with Crippen LogP contribution in [0.3, 0.4) is 0 Å². The van der Waals surface area contributed by atoms with E-state index in [4.69, 9.17) is 13.9 Å². The Kier molecular flexibility index (Phi) is 5.61. The van der Waals surface area contributed by atoms with Crippen LogP contribution >= 0.6 is 0 Å². The summed E-state index contributed by atoms with van der Waals surface area (Å²) >= 11 is 0. The van der Waals surface area contributed by atoms with Gasteiger partial charge in [0.15, 0.2) is 0 Å². The molecule has 0 unspecified atom stereocenters. The predicted molar refractivity (Wildman–Crippen MR) is 89.0 cm³/mol. The van der Waals surface area contributed by atoms with Gasteiger partial charge in [0.1, 0.15) is 6.61 Å². The molecule has 1 N–H and O–H groups in total. The Morgan fingerprint density at radius 1 is 1.23 bits per heavy atom. The highest BCUT2D eigenvalue weighted by Crippen LogP contribution is 2.18. The SMILES string of the molecule is COCc1nnc(NC(=O)c2ccc(S(=O)(=O)N3CCOCC3)cc2)o1. The van der Waals surface area contributed by atoms with Crippen LogP contribution in [0.1, 0.15) is 16.2 Å². The minimum Gasteiger partial charge on any atom is -0.405 e. The van der Waals surface area contributed by atoms with E-state index in [1.54, 1.807) is 0 Å². The van der Waals surface area contributed by atoms with Gasteiger partial charge in [0.25, 0.3) is 5.91 Å². The zero-order chi connectivity index (χ0) is 18.6. The van der Waals surface area contributed by atoms with Crippen LogP contribution in [-0.2, 0) is 26.1 Å². The highest BCUT2D eigenvalue weighted by atomic mass is 32.2. The number of carbonyl (C=O) groups excluding carboxylic acids is 1. The Labute approximate surface area is 150 Å². The first kappa shape index (κ1) is 18.5. The van der Waals surface area contributed by atoms with Crippen LogP contribution in [0.5, 0.6) is 0 Å². The minimum atomic E-state index is -3.60. The topological polar surface area (TPSA) is 124 Å². The van der Waals surface area contributed by atoms with Crippen molar-refractivity contribution in [3.8, 4) is 0 Å². The highest BCUT2D eigenvalue weighted by molar-refractivity contribution is 7.89. The van der Waals surface area contributed by atoms with Gasteiger partial charge in [-0.25, -0.2) is 8.42 Å². The maximum atomic E-state index is 12.5. The molecule has 1 aromatic carbocycles. The molecule has 10 nitrogen and oxygen atoms in total. The standard InChI is InChI=1S/C15H18N4O6S/c1-23-10-13-17-18-15(25-13)16-14(20)11-2-4-12(5-3-11)26(21,22)19-6-8-24-9-7-19/h2-5H,6-10H2,1H3,(H,16,18,20). The zero-order valence-corrected chi connectivity index (χ0v) is 14.9. The predicted octanol–water partition coefficient (Wildman–Crippen LogP) is 0.489. The van der Waals surface area contributed by atoms with E-state index in [9.17, 15) is 13.2 Å². The number of nitrogens with one attached hydrogen (secondary N) is 1. The van der Waals surface area contributed by atoms with E-state index in [-0.39, 0.29) is 29.0 Å². The number of morpholine rings is 1. The molecule has 1 fully saturated rings. The van der Waals surface area contributed by atoms with Crippen LogP contribution < -0.4 is 5.32 Å². The second-order valence-electron chi connectivity index (χ2n) is 5.43. The van der Waals surface area contributed by atoms with Crippen LogP contribution in [0.25, 0.3) is 0 Å². The van der Waals surface area contributed by atoms with Crippen molar-refractivity contribution in [2.24, 2.45) is 0 Å². The molecule has 1 saturated heterocycles. The second kappa shape index (κ2) is 7.91. The lowest BCUT2D eigenvalue weighted by Gasteiger charge is -2.26. The van der Waals surface area contributed by atoms with Gasteiger partial charge in [0.05, 0.1) is 18.1 Å². The summed E-state index contributed by atoms with van der Waals surface area (Å²) in [6.45, 7) is 1.50. The molecule has 1 aromatic heterocycles. The summed E-state index contributed by atoms with van der Waals surface area (Å²) in [5.74, 6) is -0.261.